The van der Waals surface area contributed by atoms with Crippen LogP contribution in [-0.2, 0) is 4.52 Å². The van der Waals surface area contributed by atoms with Gasteiger partial charge in [0.25, 0.3) is 0 Å². The molecule has 1 N–H and O–H groups in total. The summed E-state index contributed by atoms with van der Waals surface area (Å²) in [5.74, 6) is 0. The zero-order valence-corrected chi connectivity index (χ0v) is 3.50. The van der Waals surface area contributed by atoms with E-state index >= 15 is 0 Å². The average molecular weight is 120 g/mol. The maximum atomic E-state index is 9.12. The predicted molar refractivity (Wildman–Crippen MR) is 27.4 cm³/mol. The molecule has 0 amide bonds. The largest absolute Gasteiger partial charge is 0.507 e. The monoisotopic (exact) mass is 120 g/mol. The zero-order chi connectivity index (χ0) is 4.28. The Labute approximate surface area is 53.5 Å². The molecule has 34 valence electrons. The van der Waals surface area contributed by atoms with Crippen LogP contribution in [0.4, 0.5) is 4.79 Å². The standard InChI is InChI=1S/CH3O3P.Mg.2H/c2-1(3)4-5;;;/h5H2,(H,2,3);;;. The van der Waals surface area contributed by atoms with Gasteiger partial charge in [-0.3, -0.25) is 0 Å². The number of carbonyl (C=O) groups is 1. The second-order valence-corrected chi connectivity index (χ2v) is 0.619. The lowest BCUT2D eigenvalue weighted by Gasteiger charge is -1.78. The van der Waals surface area contributed by atoms with Crippen LogP contribution >= 0.6 is 9.47 Å². The number of hydrogen-bond donors (Lipinski definition) is 1. The van der Waals surface area contributed by atoms with Gasteiger partial charge in [-0.25, -0.2) is 4.79 Å². The lowest BCUT2D eigenvalue weighted by atomic mass is 11.5. The molecule has 0 aromatic carbocycles. The molecule has 6 heavy (non-hydrogen) atoms. The Morgan fingerprint density at radius 2 is 2.00 bits per heavy atom. The summed E-state index contributed by atoms with van der Waals surface area (Å²) in [4.78, 5) is 9.12. The van der Waals surface area contributed by atoms with E-state index in [2.05, 4.69) is 4.52 Å². The Bertz CT molecular complexity index is 46.1. The van der Waals surface area contributed by atoms with Crippen molar-refractivity contribution < 1.29 is 14.4 Å². The van der Waals surface area contributed by atoms with Gasteiger partial charge in [0.05, 0.1) is 9.47 Å². The van der Waals surface area contributed by atoms with E-state index in [4.69, 9.17) is 9.90 Å². The SMILES string of the molecule is O=C(O)OP.[MgH2]. The van der Waals surface area contributed by atoms with Crippen LogP contribution in [0.3, 0.4) is 0 Å². The van der Waals surface area contributed by atoms with Crippen molar-refractivity contribution in [1.29, 1.82) is 0 Å². The van der Waals surface area contributed by atoms with Crippen LogP contribution in [0.1, 0.15) is 0 Å². The lowest BCUT2D eigenvalue weighted by Crippen LogP contribution is -1.84. The van der Waals surface area contributed by atoms with Crippen LogP contribution < -0.4 is 0 Å². The third-order valence-corrected chi connectivity index (χ3v) is 0.302. The molecule has 0 saturated heterocycles. The highest BCUT2D eigenvalue weighted by molar-refractivity contribution is 7.10. The molecule has 3 nitrogen and oxygen atoms in total. The van der Waals surface area contributed by atoms with Crippen molar-refractivity contribution in [2.75, 3.05) is 0 Å². The molecular weight excluding hydrogens is 115 g/mol. The van der Waals surface area contributed by atoms with E-state index < -0.39 is 6.16 Å². The molecule has 0 aromatic heterocycles. The summed E-state index contributed by atoms with van der Waals surface area (Å²) >= 11 is 0. The van der Waals surface area contributed by atoms with Gasteiger partial charge in [0.1, 0.15) is 0 Å². The maximum absolute atomic E-state index is 9.12. The predicted octanol–water partition coefficient (Wildman–Crippen LogP) is -0.445. The smallest absolute Gasteiger partial charge is 0.450 e. The van der Waals surface area contributed by atoms with Gasteiger partial charge in [0.15, 0.2) is 0 Å². The molecule has 1 unspecified atom stereocenters. The Morgan fingerprint density at radius 3 is 2.00 bits per heavy atom. The normalized spacial score (nSPS) is 5.50. The van der Waals surface area contributed by atoms with Gasteiger partial charge in [-0.15, -0.1) is 0 Å². The van der Waals surface area contributed by atoms with Gasteiger partial charge in [-0.05, 0) is 0 Å². The van der Waals surface area contributed by atoms with Crippen LogP contribution in [0, 0.1) is 0 Å². The summed E-state index contributed by atoms with van der Waals surface area (Å²) in [6, 6.07) is 0. The first-order chi connectivity index (χ1) is 2.27. The van der Waals surface area contributed by atoms with Crippen LogP contribution in [0.25, 0.3) is 0 Å². The van der Waals surface area contributed by atoms with Crippen molar-refractivity contribution >= 4 is 38.7 Å². The van der Waals surface area contributed by atoms with E-state index in [9.17, 15) is 0 Å². The summed E-state index contributed by atoms with van der Waals surface area (Å²) in [5.41, 5.74) is 0. The molecule has 0 aliphatic heterocycles. The van der Waals surface area contributed by atoms with E-state index in [0.29, 0.717) is 0 Å². The number of hydrogen-bond acceptors (Lipinski definition) is 2. The Balaban J connectivity index is 0. The van der Waals surface area contributed by atoms with Crippen LogP contribution in [0.15, 0.2) is 0 Å². The molecule has 0 spiro atoms. The number of carboxylic acid groups (broad SMARTS) is 1. The molecule has 0 rings (SSSR count). The van der Waals surface area contributed by atoms with Crippen molar-refractivity contribution in [2.45, 2.75) is 0 Å². The molecule has 0 saturated carbocycles. The Kier molecular flexibility index (Phi) is 8.82. The molecule has 0 aliphatic carbocycles. The molecule has 1 atom stereocenters. The van der Waals surface area contributed by atoms with Crippen molar-refractivity contribution in [3.63, 3.8) is 0 Å². The van der Waals surface area contributed by atoms with E-state index in [-0.39, 0.29) is 23.1 Å². The van der Waals surface area contributed by atoms with E-state index in [1.165, 1.54) is 0 Å². The minimum Gasteiger partial charge on any atom is -0.450 e. The van der Waals surface area contributed by atoms with Gasteiger partial charge in [-0.2, -0.15) is 0 Å². The highest BCUT2D eigenvalue weighted by atomic mass is 31.0. The first kappa shape index (κ1) is 9.69. The van der Waals surface area contributed by atoms with Crippen molar-refractivity contribution in [3.05, 3.63) is 0 Å². The third-order valence-electron chi connectivity index (χ3n) is 0.101. The summed E-state index contributed by atoms with van der Waals surface area (Å²) < 4.78 is 3.58. The van der Waals surface area contributed by atoms with Gasteiger partial charge in [0, 0.05) is 0 Å². The second kappa shape index (κ2) is 5.47. The molecule has 0 aliphatic rings. The topological polar surface area (TPSA) is 46.5 Å². The third kappa shape index (κ3) is 8.82. The van der Waals surface area contributed by atoms with E-state index in [0.717, 1.165) is 0 Å². The van der Waals surface area contributed by atoms with Crippen LogP contribution in [0.5, 0.6) is 0 Å². The first-order valence-corrected chi connectivity index (χ1v) is 1.34. The fourth-order valence-electron chi connectivity index (χ4n) is 0. The highest BCUT2D eigenvalue weighted by Gasteiger charge is 1.81. The summed E-state index contributed by atoms with van der Waals surface area (Å²) in [7, 11) is 1.59. The zero-order valence-electron chi connectivity index (χ0n) is 2.34. The molecule has 0 aromatic rings. The van der Waals surface area contributed by atoms with Crippen LogP contribution in [-0.4, -0.2) is 34.3 Å². The minimum absolute atomic E-state index is 0. The second-order valence-electron chi connectivity index (χ2n) is 0.384. The summed E-state index contributed by atoms with van der Waals surface area (Å²) in [6.07, 6.45) is -1.28. The molecule has 0 heterocycles. The van der Waals surface area contributed by atoms with Crippen LogP contribution in [0.2, 0.25) is 0 Å². The molecule has 0 radical (unpaired) electrons. The minimum atomic E-state index is -1.28. The number of rotatable bonds is 0. The highest BCUT2D eigenvalue weighted by Crippen LogP contribution is 1.81. The fraction of sp³-hybridized carbons (Fsp3) is 0. The van der Waals surface area contributed by atoms with E-state index in [1.807, 2.05) is 0 Å². The fourth-order valence-corrected chi connectivity index (χ4v) is 0. The molecule has 5 heteroatoms. The first-order valence-electron chi connectivity index (χ1n) is 0.868. The Hall–Kier alpha value is 0.466. The lowest BCUT2D eigenvalue weighted by molar-refractivity contribution is 0.152. The quantitative estimate of drug-likeness (QED) is 0.348. The van der Waals surface area contributed by atoms with Gasteiger partial charge in [-0.1, -0.05) is 0 Å². The van der Waals surface area contributed by atoms with Crippen molar-refractivity contribution in [3.8, 4) is 0 Å². The van der Waals surface area contributed by atoms with Gasteiger partial charge < -0.3 is 9.63 Å². The average Bonchev–Trinajstić information content (AvgIpc) is 1.38. The maximum Gasteiger partial charge on any atom is 0.507 e. The van der Waals surface area contributed by atoms with Gasteiger partial charge >= 0.3 is 29.2 Å². The molecule has 0 bridgehead atoms. The van der Waals surface area contributed by atoms with Gasteiger partial charge in [0.2, 0.25) is 0 Å². The summed E-state index contributed by atoms with van der Waals surface area (Å²) in [6.45, 7) is 0. The molecule has 0 fully saturated rings. The molecular formula is CH5MgO3P. The van der Waals surface area contributed by atoms with E-state index in [1.54, 1.807) is 9.47 Å². The van der Waals surface area contributed by atoms with Crippen molar-refractivity contribution in [2.24, 2.45) is 0 Å². The summed E-state index contributed by atoms with van der Waals surface area (Å²) in [5, 5.41) is 7.48. The van der Waals surface area contributed by atoms with Crippen molar-refractivity contribution in [1.82, 2.24) is 0 Å². The Morgan fingerprint density at radius 1 is 1.83 bits per heavy atom.